The highest BCUT2D eigenvalue weighted by Crippen LogP contribution is 2.37. The lowest BCUT2D eigenvalue weighted by Gasteiger charge is -2.32. The number of ether oxygens (including phenoxy) is 1. The highest BCUT2D eigenvalue weighted by Gasteiger charge is 2.43. The van der Waals surface area contributed by atoms with Crippen LogP contribution in [0.1, 0.15) is 19.3 Å². The summed E-state index contributed by atoms with van der Waals surface area (Å²) in [5, 5.41) is 9.37. The third-order valence-corrected chi connectivity index (χ3v) is 4.47. The van der Waals surface area contributed by atoms with E-state index in [4.69, 9.17) is 4.74 Å². The summed E-state index contributed by atoms with van der Waals surface area (Å²) in [7, 11) is 0. The van der Waals surface area contributed by atoms with E-state index in [0.29, 0.717) is 12.0 Å². The molecule has 0 aromatic rings. The normalized spacial score (nSPS) is 32.6. The van der Waals surface area contributed by atoms with Gasteiger partial charge in [0.05, 0.1) is 13.2 Å². The van der Waals surface area contributed by atoms with E-state index >= 15 is 0 Å². The molecule has 1 aliphatic carbocycles. The van der Waals surface area contributed by atoms with E-state index in [1.165, 1.54) is 0 Å². The minimum absolute atomic E-state index is 0.226. The van der Waals surface area contributed by atoms with Gasteiger partial charge in [-0.15, -0.1) is 0 Å². The van der Waals surface area contributed by atoms with Gasteiger partial charge in [-0.3, -0.25) is 14.6 Å². The van der Waals surface area contributed by atoms with Crippen LogP contribution in [0.2, 0.25) is 0 Å². The second-order valence-corrected chi connectivity index (χ2v) is 5.71. The maximum absolute atomic E-state index is 11.4. The molecular formula is C13H22N2O3. The van der Waals surface area contributed by atoms with Crippen LogP contribution in [-0.2, 0) is 9.53 Å². The molecule has 5 nitrogen and oxygen atoms in total. The highest BCUT2D eigenvalue weighted by molar-refractivity contribution is 5.74. The molecule has 3 rings (SSSR count). The third-order valence-electron chi connectivity index (χ3n) is 4.47. The minimum Gasteiger partial charge on any atom is -0.480 e. The smallest absolute Gasteiger partial charge is 0.321 e. The Morgan fingerprint density at radius 2 is 1.89 bits per heavy atom. The van der Waals surface area contributed by atoms with Crippen LogP contribution in [0.25, 0.3) is 0 Å². The van der Waals surface area contributed by atoms with Crippen molar-refractivity contribution in [3.05, 3.63) is 0 Å². The van der Waals surface area contributed by atoms with Gasteiger partial charge >= 0.3 is 5.97 Å². The zero-order chi connectivity index (χ0) is 12.5. The first kappa shape index (κ1) is 12.4. The second kappa shape index (κ2) is 5.15. The fourth-order valence-electron chi connectivity index (χ4n) is 3.33. The van der Waals surface area contributed by atoms with Crippen molar-refractivity contribution >= 4 is 5.97 Å². The molecule has 0 spiro atoms. The molecule has 0 radical (unpaired) electrons. The molecule has 5 heteroatoms. The summed E-state index contributed by atoms with van der Waals surface area (Å²) in [4.78, 5) is 16.0. The van der Waals surface area contributed by atoms with E-state index in [1.54, 1.807) is 0 Å². The number of morpholine rings is 1. The minimum atomic E-state index is -0.625. The van der Waals surface area contributed by atoms with Gasteiger partial charge in [-0.1, -0.05) is 0 Å². The quantitative estimate of drug-likeness (QED) is 0.780. The molecule has 2 heterocycles. The van der Waals surface area contributed by atoms with E-state index < -0.39 is 5.97 Å². The van der Waals surface area contributed by atoms with Crippen molar-refractivity contribution in [3.63, 3.8) is 0 Å². The van der Waals surface area contributed by atoms with Crippen LogP contribution in [0.15, 0.2) is 0 Å². The molecule has 2 unspecified atom stereocenters. The predicted molar refractivity (Wildman–Crippen MR) is 66.5 cm³/mol. The number of hydrogen-bond donors (Lipinski definition) is 1. The highest BCUT2D eigenvalue weighted by atomic mass is 16.5. The fourth-order valence-corrected chi connectivity index (χ4v) is 3.33. The van der Waals surface area contributed by atoms with Gasteiger partial charge in [0.25, 0.3) is 0 Å². The summed E-state index contributed by atoms with van der Waals surface area (Å²) in [6.07, 6.45) is 3.29. The number of nitrogens with zero attached hydrogens (tertiary/aromatic N) is 2. The number of carbonyl (C=O) groups is 1. The molecule has 3 fully saturated rings. The molecule has 3 aliphatic rings. The van der Waals surface area contributed by atoms with Crippen molar-refractivity contribution in [3.8, 4) is 0 Å². The van der Waals surface area contributed by atoms with Crippen LogP contribution in [0, 0.1) is 5.92 Å². The maximum Gasteiger partial charge on any atom is 0.321 e. The number of aliphatic carboxylic acids is 1. The number of likely N-dealkylation sites (tertiary alicyclic amines) is 1. The van der Waals surface area contributed by atoms with Crippen LogP contribution >= 0.6 is 0 Å². The monoisotopic (exact) mass is 254 g/mol. The average molecular weight is 254 g/mol. The predicted octanol–water partition coefficient (Wildman–Crippen LogP) is 0.256. The molecule has 0 amide bonds. The van der Waals surface area contributed by atoms with Crippen molar-refractivity contribution in [2.24, 2.45) is 5.92 Å². The Bertz CT molecular complexity index is 313. The fraction of sp³-hybridized carbons (Fsp3) is 0.923. The van der Waals surface area contributed by atoms with Crippen molar-refractivity contribution < 1.29 is 14.6 Å². The lowest BCUT2D eigenvalue weighted by molar-refractivity contribution is -0.143. The largest absolute Gasteiger partial charge is 0.480 e. The number of carboxylic acids is 1. The summed E-state index contributed by atoms with van der Waals surface area (Å²) >= 11 is 0. The van der Waals surface area contributed by atoms with E-state index in [9.17, 15) is 9.90 Å². The number of carboxylic acid groups (broad SMARTS) is 1. The molecule has 0 aromatic carbocycles. The van der Waals surface area contributed by atoms with E-state index in [0.717, 1.165) is 58.7 Å². The zero-order valence-electron chi connectivity index (χ0n) is 10.8. The molecule has 1 N–H and O–H groups in total. The summed E-state index contributed by atoms with van der Waals surface area (Å²) in [6, 6.07) is 0.311. The molecular weight excluding hydrogens is 232 g/mol. The van der Waals surface area contributed by atoms with Crippen molar-refractivity contribution in [2.45, 2.75) is 31.3 Å². The number of rotatable bonds is 4. The molecule has 2 saturated heterocycles. The van der Waals surface area contributed by atoms with Gasteiger partial charge in [0, 0.05) is 32.2 Å². The van der Waals surface area contributed by atoms with Gasteiger partial charge in [0.1, 0.15) is 6.04 Å². The SMILES string of the molecule is O=C(O)C(C1CC1)N1CCC(N2CCOCC2)C1. The Morgan fingerprint density at radius 1 is 1.17 bits per heavy atom. The van der Waals surface area contributed by atoms with Crippen LogP contribution in [-0.4, -0.2) is 72.4 Å². The Balaban J connectivity index is 1.58. The third kappa shape index (κ3) is 2.53. The Hall–Kier alpha value is -0.650. The lowest BCUT2D eigenvalue weighted by Crippen LogP contribution is -2.47. The molecule has 1 saturated carbocycles. The van der Waals surface area contributed by atoms with E-state index in [-0.39, 0.29) is 6.04 Å². The van der Waals surface area contributed by atoms with E-state index in [2.05, 4.69) is 9.80 Å². The van der Waals surface area contributed by atoms with Crippen molar-refractivity contribution in [1.82, 2.24) is 9.80 Å². The van der Waals surface area contributed by atoms with E-state index in [1.807, 2.05) is 0 Å². The molecule has 0 bridgehead atoms. The summed E-state index contributed by atoms with van der Waals surface area (Å²) in [5.41, 5.74) is 0. The first-order valence-electron chi connectivity index (χ1n) is 7.04. The molecule has 18 heavy (non-hydrogen) atoms. The maximum atomic E-state index is 11.4. The van der Waals surface area contributed by atoms with Crippen molar-refractivity contribution in [2.75, 3.05) is 39.4 Å². The van der Waals surface area contributed by atoms with Gasteiger partial charge in [0.2, 0.25) is 0 Å². The van der Waals surface area contributed by atoms with Gasteiger partial charge in [-0.25, -0.2) is 0 Å². The lowest BCUT2D eigenvalue weighted by atomic mass is 10.1. The first-order chi connectivity index (χ1) is 8.75. The van der Waals surface area contributed by atoms with Gasteiger partial charge in [-0.05, 0) is 25.2 Å². The Morgan fingerprint density at radius 3 is 2.50 bits per heavy atom. The summed E-state index contributed by atoms with van der Waals surface area (Å²) in [6.45, 7) is 5.51. The average Bonchev–Trinajstić information content (AvgIpc) is 3.07. The molecule has 2 atom stereocenters. The second-order valence-electron chi connectivity index (χ2n) is 5.71. The van der Waals surface area contributed by atoms with Crippen LogP contribution in [0.5, 0.6) is 0 Å². The zero-order valence-corrected chi connectivity index (χ0v) is 10.8. The molecule has 102 valence electrons. The van der Waals surface area contributed by atoms with Gasteiger partial charge in [0.15, 0.2) is 0 Å². The van der Waals surface area contributed by atoms with Crippen LogP contribution in [0.4, 0.5) is 0 Å². The van der Waals surface area contributed by atoms with Crippen molar-refractivity contribution in [1.29, 1.82) is 0 Å². The standard InChI is InChI=1S/C13H22N2O3/c16-13(17)12(10-1-2-10)15-4-3-11(9-15)14-5-7-18-8-6-14/h10-12H,1-9H2,(H,16,17). The Labute approximate surface area is 108 Å². The van der Waals surface area contributed by atoms with Gasteiger partial charge in [-0.2, -0.15) is 0 Å². The Kier molecular flexibility index (Phi) is 3.54. The van der Waals surface area contributed by atoms with Gasteiger partial charge < -0.3 is 9.84 Å². The van der Waals surface area contributed by atoms with Crippen LogP contribution in [0.3, 0.4) is 0 Å². The molecule has 0 aromatic heterocycles. The summed E-state index contributed by atoms with van der Waals surface area (Å²) < 4.78 is 5.37. The molecule has 2 aliphatic heterocycles. The van der Waals surface area contributed by atoms with Crippen LogP contribution < -0.4 is 0 Å². The first-order valence-corrected chi connectivity index (χ1v) is 7.04. The summed E-state index contributed by atoms with van der Waals surface area (Å²) in [5.74, 6) is -0.217. The topological polar surface area (TPSA) is 53.0 Å². The number of hydrogen-bond acceptors (Lipinski definition) is 4.